The second-order valence-corrected chi connectivity index (χ2v) is 6.98. The fourth-order valence-corrected chi connectivity index (χ4v) is 3.73. The molecule has 2 aromatic carbocycles. The van der Waals surface area contributed by atoms with Crippen molar-refractivity contribution in [2.75, 3.05) is 19.6 Å². The van der Waals surface area contributed by atoms with Crippen molar-refractivity contribution in [3.63, 3.8) is 0 Å². The van der Waals surface area contributed by atoms with Crippen LogP contribution in [0.3, 0.4) is 0 Å². The maximum atomic E-state index is 12.7. The lowest BCUT2D eigenvalue weighted by Crippen LogP contribution is -2.31. The number of likely N-dealkylation sites (tertiary alicyclic amines) is 1. The number of benzene rings is 2. The fourth-order valence-electron chi connectivity index (χ4n) is 3.73. The van der Waals surface area contributed by atoms with Gasteiger partial charge >= 0.3 is 0 Å². The van der Waals surface area contributed by atoms with E-state index >= 15 is 0 Å². The van der Waals surface area contributed by atoms with Crippen LogP contribution < -0.4 is 5.32 Å². The lowest BCUT2D eigenvalue weighted by molar-refractivity contribution is 0.0949. The zero-order chi connectivity index (χ0) is 17.8. The molecule has 0 saturated carbocycles. The Balaban J connectivity index is 1.33. The van der Waals surface area contributed by atoms with Crippen LogP contribution in [0.4, 0.5) is 0 Å². The molecule has 0 bridgehead atoms. The van der Waals surface area contributed by atoms with Gasteiger partial charge in [0.25, 0.3) is 5.91 Å². The van der Waals surface area contributed by atoms with Gasteiger partial charge in [0.15, 0.2) is 0 Å². The van der Waals surface area contributed by atoms with Crippen LogP contribution >= 0.6 is 0 Å². The van der Waals surface area contributed by atoms with E-state index in [1.807, 2.05) is 54.9 Å². The Labute approximate surface area is 153 Å². The molecule has 4 rings (SSSR count). The van der Waals surface area contributed by atoms with Crippen molar-refractivity contribution < 1.29 is 4.79 Å². The number of fused-ring (bicyclic) bond motifs is 1. The molecular formula is C22H23N3O. The molecule has 2 heterocycles. The maximum Gasteiger partial charge on any atom is 0.251 e. The van der Waals surface area contributed by atoms with Gasteiger partial charge in [-0.2, -0.15) is 0 Å². The van der Waals surface area contributed by atoms with E-state index in [4.69, 9.17) is 0 Å². The average Bonchev–Trinajstić information content (AvgIpc) is 3.14. The minimum Gasteiger partial charge on any atom is -0.352 e. The maximum absolute atomic E-state index is 12.7. The van der Waals surface area contributed by atoms with Gasteiger partial charge in [-0.05, 0) is 53.4 Å². The number of rotatable bonds is 5. The molecule has 0 aliphatic carbocycles. The molecular weight excluding hydrogens is 322 g/mol. The number of carbonyl (C=O) groups is 1. The minimum absolute atomic E-state index is 0.0226. The molecule has 1 fully saturated rings. The summed E-state index contributed by atoms with van der Waals surface area (Å²) in [6, 6.07) is 18.1. The third kappa shape index (κ3) is 3.75. The van der Waals surface area contributed by atoms with Crippen molar-refractivity contribution in [2.45, 2.75) is 13.0 Å². The highest BCUT2D eigenvalue weighted by molar-refractivity contribution is 6.06. The number of hydrogen-bond acceptors (Lipinski definition) is 3. The topological polar surface area (TPSA) is 45.2 Å². The molecule has 1 aromatic heterocycles. The van der Waals surface area contributed by atoms with E-state index in [-0.39, 0.29) is 5.91 Å². The minimum atomic E-state index is 0.0226. The van der Waals surface area contributed by atoms with E-state index in [0.717, 1.165) is 48.9 Å². The Morgan fingerprint density at radius 1 is 1.08 bits per heavy atom. The standard InChI is InChI=1S/C22H23N3O/c26-22(21-7-3-5-19-4-1-2-6-20(19)21)24-14-18-10-13-25(16-18)15-17-8-11-23-12-9-17/h1-9,11-12,18H,10,13-16H2,(H,24,26)/t18-/m1/s1. The first-order valence-electron chi connectivity index (χ1n) is 9.17. The molecule has 1 atom stereocenters. The summed E-state index contributed by atoms with van der Waals surface area (Å²) in [6.45, 7) is 3.79. The number of amides is 1. The Hall–Kier alpha value is -2.72. The van der Waals surface area contributed by atoms with Gasteiger partial charge in [0.2, 0.25) is 0 Å². The summed E-state index contributed by atoms with van der Waals surface area (Å²) in [4.78, 5) is 19.2. The molecule has 3 aromatic rings. The van der Waals surface area contributed by atoms with Gasteiger partial charge in [-0.15, -0.1) is 0 Å². The van der Waals surface area contributed by atoms with E-state index < -0.39 is 0 Å². The number of pyridine rings is 1. The molecule has 0 unspecified atom stereocenters. The number of nitrogens with one attached hydrogen (secondary N) is 1. The van der Waals surface area contributed by atoms with Crippen molar-refractivity contribution >= 4 is 16.7 Å². The Bertz CT molecular complexity index is 889. The van der Waals surface area contributed by atoms with E-state index in [2.05, 4.69) is 27.3 Å². The van der Waals surface area contributed by atoms with Gasteiger partial charge in [0.05, 0.1) is 0 Å². The van der Waals surface area contributed by atoms with Gasteiger partial charge in [0, 0.05) is 37.6 Å². The van der Waals surface area contributed by atoms with Crippen LogP contribution in [0.25, 0.3) is 10.8 Å². The summed E-state index contributed by atoms with van der Waals surface area (Å²) < 4.78 is 0. The lowest BCUT2D eigenvalue weighted by Gasteiger charge is -2.16. The lowest BCUT2D eigenvalue weighted by atomic mass is 10.0. The van der Waals surface area contributed by atoms with Crippen LogP contribution in [-0.4, -0.2) is 35.4 Å². The normalized spacial score (nSPS) is 17.5. The summed E-state index contributed by atoms with van der Waals surface area (Å²) in [7, 11) is 0. The van der Waals surface area contributed by atoms with Crippen LogP contribution in [-0.2, 0) is 6.54 Å². The third-order valence-corrected chi connectivity index (χ3v) is 5.11. The third-order valence-electron chi connectivity index (χ3n) is 5.11. The van der Waals surface area contributed by atoms with E-state index in [9.17, 15) is 4.79 Å². The monoisotopic (exact) mass is 345 g/mol. The van der Waals surface area contributed by atoms with Crippen LogP contribution in [0.1, 0.15) is 22.3 Å². The fraction of sp³-hybridized carbons (Fsp3) is 0.273. The van der Waals surface area contributed by atoms with Crippen LogP contribution in [0.5, 0.6) is 0 Å². The van der Waals surface area contributed by atoms with Crippen LogP contribution in [0, 0.1) is 5.92 Å². The van der Waals surface area contributed by atoms with Crippen LogP contribution in [0.2, 0.25) is 0 Å². The molecule has 26 heavy (non-hydrogen) atoms. The van der Waals surface area contributed by atoms with Gasteiger partial charge in [0.1, 0.15) is 0 Å². The Morgan fingerprint density at radius 2 is 1.88 bits per heavy atom. The summed E-state index contributed by atoms with van der Waals surface area (Å²) in [6.07, 6.45) is 4.81. The first kappa shape index (κ1) is 16.7. The van der Waals surface area contributed by atoms with Gasteiger partial charge in [-0.3, -0.25) is 14.7 Å². The average molecular weight is 345 g/mol. The predicted molar refractivity (Wildman–Crippen MR) is 104 cm³/mol. The number of nitrogens with zero attached hydrogens (tertiary/aromatic N) is 2. The molecule has 1 N–H and O–H groups in total. The molecule has 1 amide bonds. The molecule has 0 radical (unpaired) electrons. The molecule has 0 spiro atoms. The first-order valence-corrected chi connectivity index (χ1v) is 9.17. The SMILES string of the molecule is O=C(NC[C@H]1CCN(Cc2ccncc2)C1)c1cccc2ccccc12. The van der Waals surface area contributed by atoms with Crippen molar-refractivity contribution in [3.05, 3.63) is 78.1 Å². The smallest absolute Gasteiger partial charge is 0.251 e. The Kier molecular flexibility index (Phi) is 4.93. The summed E-state index contributed by atoms with van der Waals surface area (Å²) >= 11 is 0. The van der Waals surface area contributed by atoms with Gasteiger partial charge < -0.3 is 5.32 Å². The van der Waals surface area contributed by atoms with Gasteiger partial charge in [-0.25, -0.2) is 0 Å². The molecule has 132 valence electrons. The van der Waals surface area contributed by atoms with Crippen molar-refractivity contribution in [1.82, 2.24) is 15.2 Å². The van der Waals surface area contributed by atoms with E-state index in [0.29, 0.717) is 5.92 Å². The summed E-state index contributed by atoms with van der Waals surface area (Å²) in [5, 5.41) is 5.26. The Morgan fingerprint density at radius 3 is 2.77 bits per heavy atom. The van der Waals surface area contributed by atoms with Crippen LogP contribution in [0.15, 0.2) is 67.0 Å². The zero-order valence-electron chi connectivity index (χ0n) is 14.8. The molecule has 4 heteroatoms. The number of hydrogen-bond donors (Lipinski definition) is 1. The first-order chi connectivity index (χ1) is 12.8. The number of aromatic nitrogens is 1. The summed E-state index contributed by atoms with van der Waals surface area (Å²) in [5.74, 6) is 0.533. The number of carbonyl (C=O) groups excluding carboxylic acids is 1. The zero-order valence-corrected chi connectivity index (χ0v) is 14.8. The van der Waals surface area contributed by atoms with Crippen molar-refractivity contribution in [1.29, 1.82) is 0 Å². The summed E-state index contributed by atoms with van der Waals surface area (Å²) in [5.41, 5.74) is 2.05. The molecule has 1 saturated heterocycles. The molecule has 4 nitrogen and oxygen atoms in total. The quantitative estimate of drug-likeness (QED) is 0.770. The van der Waals surface area contributed by atoms with Gasteiger partial charge in [-0.1, -0.05) is 36.4 Å². The van der Waals surface area contributed by atoms with Crippen molar-refractivity contribution in [2.24, 2.45) is 5.92 Å². The van der Waals surface area contributed by atoms with Crippen molar-refractivity contribution in [3.8, 4) is 0 Å². The molecule has 1 aliphatic heterocycles. The highest BCUT2D eigenvalue weighted by Crippen LogP contribution is 2.20. The highest BCUT2D eigenvalue weighted by atomic mass is 16.1. The van der Waals surface area contributed by atoms with E-state index in [1.165, 1.54) is 5.56 Å². The highest BCUT2D eigenvalue weighted by Gasteiger charge is 2.23. The predicted octanol–water partition coefficient (Wildman–Crippen LogP) is 3.49. The second kappa shape index (κ2) is 7.67. The largest absolute Gasteiger partial charge is 0.352 e. The van der Waals surface area contributed by atoms with E-state index in [1.54, 1.807) is 0 Å². The second-order valence-electron chi connectivity index (χ2n) is 6.98. The molecule has 1 aliphatic rings.